The van der Waals surface area contributed by atoms with Crippen LogP contribution in [0.15, 0.2) is 23.1 Å². The summed E-state index contributed by atoms with van der Waals surface area (Å²) in [6, 6.07) is 5.58. The first-order valence-electron chi connectivity index (χ1n) is 7.92. The van der Waals surface area contributed by atoms with Gasteiger partial charge in [-0.1, -0.05) is 19.9 Å². The lowest BCUT2D eigenvalue weighted by molar-refractivity contribution is 0.477. The fourth-order valence-corrected chi connectivity index (χ4v) is 4.32. The van der Waals surface area contributed by atoms with E-state index in [1.807, 2.05) is 12.1 Å². The topological polar surface area (TPSA) is 49.4 Å². The van der Waals surface area contributed by atoms with E-state index < -0.39 is 10.0 Å². The van der Waals surface area contributed by atoms with E-state index in [-0.39, 0.29) is 0 Å². The van der Waals surface area contributed by atoms with E-state index in [1.165, 1.54) is 5.56 Å². The molecule has 1 fully saturated rings. The van der Waals surface area contributed by atoms with Gasteiger partial charge in [-0.05, 0) is 55.5 Å². The van der Waals surface area contributed by atoms with Gasteiger partial charge < -0.3 is 5.32 Å². The minimum Gasteiger partial charge on any atom is -0.313 e. The molecule has 0 bridgehead atoms. The molecule has 1 N–H and O–H groups in total. The van der Waals surface area contributed by atoms with Crippen LogP contribution in [0.3, 0.4) is 0 Å². The van der Waals surface area contributed by atoms with Crippen LogP contribution in [-0.4, -0.2) is 32.4 Å². The number of hydrogen-bond acceptors (Lipinski definition) is 3. The number of benzene rings is 1. The van der Waals surface area contributed by atoms with E-state index in [2.05, 4.69) is 19.2 Å². The Kier molecular flexibility index (Phi) is 5.79. The summed E-state index contributed by atoms with van der Waals surface area (Å²) in [7, 11) is -3.31. The Hall–Kier alpha value is -0.910. The highest BCUT2D eigenvalue weighted by atomic mass is 32.2. The number of hydrogen-bond donors (Lipinski definition) is 1. The summed E-state index contributed by atoms with van der Waals surface area (Å²) in [6.45, 7) is 7.23. The predicted molar refractivity (Wildman–Crippen MR) is 85.8 cm³/mol. The summed E-state index contributed by atoms with van der Waals surface area (Å²) in [6.07, 6.45) is 3.94. The fraction of sp³-hybridized carbons (Fsp3) is 0.625. The lowest BCUT2D eigenvalue weighted by atomic mass is 10.1. The molecule has 118 valence electrons. The number of aryl methyl sites for hydroxylation is 1. The minimum atomic E-state index is -3.31. The van der Waals surface area contributed by atoms with Gasteiger partial charge in [0.05, 0.1) is 4.90 Å². The molecule has 0 aliphatic carbocycles. The quantitative estimate of drug-likeness (QED) is 0.787. The molecule has 1 aliphatic rings. The normalized spacial score (nSPS) is 16.5. The van der Waals surface area contributed by atoms with Crippen molar-refractivity contribution in [3.8, 4) is 0 Å². The van der Waals surface area contributed by atoms with Crippen LogP contribution < -0.4 is 5.32 Å². The maximum Gasteiger partial charge on any atom is 0.243 e. The van der Waals surface area contributed by atoms with Gasteiger partial charge in [0.25, 0.3) is 0 Å². The molecular formula is C16H26N2O2S. The molecule has 1 aromatic rings. The van der Waals surface area contributed by atoms with E-state index >= 15 is 0 Å². The van der Waals surface area contributed by atoms with Gasteiger partial charge in [0.2, 0.25) is 10.0 Å². The van der Waals surface area contributed by atoms with Crippen LogP contribution in [0.1, 0.15) is 44.2 Å². The van der Waals surface area contributed by atoms with Crippen LogP contribution in [-0.2, 0) is 23.0 Å². The molecular weight excluding hydrogens is 284 g/mol. The zero-order valence-electron chi connectivity index (χ0n) is 13.1. The van der Waals surface area contributed by atoms with Crippen molar-refractivity contribution in [2.24, 2.45) is 0 Å². The number of rotatable bonds is 7. The Morgan fingerprint density at radius 1 is 1.14 bits per heavy atom. The first-order valence-corrected chi connectivity index (χ1v) is 9.36. The summed E-state index contributed by atoms with van der Waals surface area (Å²) in [5.41, 5.74) is 2.32. The largest absolute Gasteiger partial charge is 0.313 e. The molecule has 1 aliphatic heterocycles. The molecule has 4 nitrogen and oxygen atoms in total. The Bertz CT molecular complexity index is 564. The van der Waals surface area contributed by atoms with Gasteiger partial charge in [-0.2, -0.15) is 4.31 Å². The Morgan fingerprint density at radius 3 is 2.48 bits per heavy atom. The van der Waals surface area contributed by atoms with Gasteiger partial charge in [0, 0.05) is 19.6 Å². The second-order valence-electron chi connectivity index (χ2n) is 5.57. The summed E-state index contributed by atoms with van der Waals surface area (Å²) in [5, 5.41) is 3.37. The number of nitrogens with zero attached hydrogens (tertiary/aromatic N) is 1. The average Bonchev–Trinajstić information content (AvgIpc) is 3.02. The second kappa shape index (κ2) is 7.38. The molecule has 0 amide bonds. The summed E-state index contributed by atoms with van der Waals surface area (Å²) in [4.78, 5) is 0.440. The zero-order chi connectivity index (χ0) is 15.3. The summed E-state index contributed by atoms with van der Waals surface area (Å²) < 4.78 is 26.9. The van der Waals surface area contributed by atoms with Gasteiger partial charge in [0.15, 0.2) is 0 Å². The molecule has 0 radical (unpaired) electrons. The zero-order valence-corrected chi connectivity index (χ0v) is 13.9. The first-order chi connectivity index (χ1) is 10.1. The fourth-order valence-electron chi connectivity index (χ4n) is 2.75. The highest BCUT2D eigenvalue weighted by molar-refractivity contribution is 7.89. The molecule has 1 aromatic carbocycles. The number of sulfonamides is 1. The molecule has 0 unspecified atom stereocenters. The van der Waals surface area contributed by atoms with Crippen molar-refractivity contribution in [2.45, 2.75) is 51.0 Å². The summed E-state index contributed by atoms with van der Waals surface area (Å²) in [5.74, 6) is 0. The van der Waals surface area contributed by atoms with Gasteiger partial charge in [-0.3, -0.25) is 0 Å². The third-order valence-electron chi connectivity index (χ3n) is 4.00. The lowest BCUT2D eigenvalue weighted by Crippen LogP contribution is -2.28. The van der Waals surface area contributed by atoms with Crippen molar-refractivity contribution in [2.75, 3.05) is 19.6 Å². The van der Waals surface area contributed by atoms with E-state index in [1.54, 1.807) is 10.4 Å². The van der Waals surface area contributed by atoms with Crippen molar-refractivity contribution < 1.29 is 8.42 Å². The van der Waals surface area contributed by atoms with Crippen LogP contribution >= 0.6 is 0 Å². The van der Waals surface area contributed by atoms with Crippen LogP contribution in [0.5, 0.6) is 0 Å². The van der Waals surface area contributed by atoms with Crippen molar-refractivity contribution in [3.63, 3.8) is 0 Å². The average molecular weight is 310 g/mol. The lowest BCUT2D eigenvalue weighted by Gasteiger charge is -2.17. The van der Waals surface area contributed by atoms with Crippen LogP contribution in [0.4, 0.5) is 0 Å². The molecule has 0 atom stereocenters. The molecule has 0 aromatic heterocycles. The summed E-state index contributed by atoms with van der Waals surface area (Å²) >= 11 is 0. The third kappa shape index (κ3) is 3.84. The van der Waals surface area contributed by atoms with Gasteiger partial charge in [0.1, 0.15) is 0 Å². The molecule has 0 saturated carbocycles. The number of nitrogens with one attached hydrogen (secondary N) is 1. The minimum absolute atomic E-state index is 0.440. The van der Waals surface area contributed by atoms with E-state index in [0.717, 1.165) is 44.3 Å². The Balaban J connectivity index is 2.25. The highest BCUT2D eigenvalue weighted by Gasteiger charge is 2.27. The molecule has 2 rings (SSSR count). The smallest absolute Gasteiger partial charge is 0.243 e. The Labute approximate surface area is 128 Å². The van der Waals surface area contributed by atoms with E-state index in [0.29, 0.717) is 18.0 Å². The van der Waals surface area contributed by atoms with E-state index in [9.17, 15) is 8.42 Å². The maximum absolute atomic E-state index is 12.6. The highest BCUT2D eigenvalue weighted by Crippen LogP contribution is 2.23. The van der Waals surface area contributed by atoms with E-state index in [4.69, 9.17) is 0 Å². The first kappa shape index (κ1) is 16.5. The van der Waals surface area contributed by atoms with Crippen molar-refractivity contribution in [3.05, 3.63) is 29.3 Å². The Morgan fingerprint density at radius 2 is 1.86 bits per heavy atom. The molecule has 0 spiro atoms. The second-order valence-corrected chi connectivity index (χ2v) is 7.51. The SMILES string of the molecule is CCCNCc1cc(S(=O)(=O)N2CCCC2)ccc1CC. The third-order valence-corrected chi connectivity index (χ3v) is 5.90. The molecule has 1 heterocycles. The van der Waals surface area contributed by atoms with Crippen LogP contribution in [0.2, 0.25) is 0 Å². The predicted octanol–water partition coefficient (Wildman–Crippen LogP) is 2.53. The van der Waals surface area contributed by atoms with Gasteiger partial charge in [-0.25, -0.2) is 8.42 Å². The van der Waals surface area contributed by atoms with Crippen LogP contribution in [0, 0.1) is 0 Å². The maximum atomic E-state index is 12.6. The molecule has 1 saturated heterocycles. The standard InChI is InChI=1S/C16H26N2O2S/c1-3-9-17-13-15-12-16(8-7-14(15)4-2)21(19,20)18-10-5-6-11-18/h7-8,12,17H,3-6,9-11,13H2,1-2H3. The van der Waals surface area contributed by atoms with Crippen molar-refractivity contribution >= 4 is 10.0 Å². The van der Waals surface area contributed by atoms with Crippen molar-refractivity contribution in [1.82, 2.24) is 9.62 Å². The monoisotopic (exact) mass is 310 g/mol. The molecule has 5 heteroatoms. The van der Waals surface area contributed by atoms with Gasteiger partial charge >= 0.3 is 0 Å². The molecule has 21 heavy (non-hydrogen) atoms. The van der Waals surface area contributed by atoms with Gasteiger partial charge in [-0.15, -0.1) is 0 Å². The van der Waals surface area contributed by atoms with Crippen LogP contribution in [0.25, 0.3) is 0 Å². The van der Waals surface area contributed by atoms with Crippen molar-refractivity contribution in [1.29, 1.82) is 0 Å².